The number of amides is 1. The second-order valence-corrected chi connectivity index (χ2v) is 7.94. The van der Waals surface area contributed by atoms with E-state index in [1.54, 1.807) is 18.2 Å². The van der Waals surface area contributed by atoms with Gasteiger partial charge in [0.1, 0.15) is 0 Å². The molecule has 22 heavy (non-hydrogen) atoms. The van der Waals surface area contributed by atoms with Gasteiger partial charge in [-0.1, -0.05) is 44.0 Å². The van der Waals surface area contributed by atoms with Crippen LogP contribution in [0.1, 0.15) is 50.4 Å². The summed E-state index contributed by atoms with van der Waals surface area (Å²) in [5.41, 5.74) is 4.60. The van der Waals surface area contributed by atoms with Crippen molar-refractivity contribution in [3.8, 4) is 0 Å². The molecule has 2 bridgehead atoms. The summed E-state index contributed by atoms with van der Waals surface area (Å²) in [6, 6.07) is 4.83. The molecule has 0 radical (unpaired) electrons. The maximum Gasteiger partial charge on any atom is 0.271 e. The minimum Gasteiger partial charge on any atom is -0.267 e. The van der Waals surface area contributed by atoms with Gasteiger partial charge in [0.05, 0.1) is 10.0 Å². The van der Waals surface area contributed by atoms with Crippen LogP contribution in [0.4, 0.5) is 0 Å². The number of hydrazone groups is 1. The van der Waals surface area contributed by atoms with E-state index < -0.39 is 0 Å². The Kier molecular flexibility index (Phi) is 3.77. The van der Waals surface area contributed by atoms with Gasteiger partial charge in [-0.15, -0.1) is 0 Å². The lowest BCUT2D eigenvalue weighted by atomic mass is 9.70. The smallest absolute Gasteiger partial charge is 0.267 e. The van der Waals surface area contributed by atoms with E-state index in [-0.39, 0.29) is 16.7 Å². The molecule has 3 nitrogen and oxygen atoms in total. The van der Waals surface area contributed by atoms with Crippen LogP contribution in [-0.4, -0.2) is 11.6 Å². The van der Waals surface area contributed by atoms with Gasteiger partial charge in [0, 0.05) is 16.7 Å². The zero-order valence-corrected chi connectivity index (χ0v) is 14.6. The van der Waals surface area contributed by atoms with E-state index in [2.05, 4.69) is 31.3 Å². The first-order valence-electron chi connectivity index (χ1n) is 7.58. The van der Waals surface area contributed by atoms with Crippen molar-refractivity contribution < 1.29 is 4.79 Å². The quantitative estimate of drug-likeness (QED) is 0.763. The van der Waals surface area contributed by atoms with Gasteiger partial charge >= 0.3 is 0 Å². The molecule has 0 heterocycles. The van der Waals surface area contributed by atoms with Crippen LogP contribution in [-0.2, 0) is 0 Å². The van der Waals surface area contributed by atoms with E-state index in [4.69, 9.17) is 23.2 Å². The Balaban J connectivity index is 1.78. The van der Waals surface area contributed by atoms with Crippen LogP contribution in [0.15, 0.2) is 23.3 Å². The zero-order chi connectivity index (χ0) is 16.1. The molecule has 118 valence electrons. The number of hydrogen-bond acceptors (Lipinski definition) is 2. The molecule has 1 aromatic rings. The van der Waals surface area contributed by atoms with E-state index >= 15 is 0 Å². The first-order chi connectivity index (χ1) is 10.3. The number of carbonyl (C=O) groups excluding carboxylic acids is 1. The van der Waals surface area contributed by atoms with Crippen LogP contribution in [0.5, 0.6) is 0 Å². The summed E-state index contributed by atoms with van der Waals surface area (Å²) in [6.45, 7) is 6.89. The van der Waals surface area contributed by atoms with Crippen LogP contribution >= 0.6 is 23.2 Å². The summed E-state index contributed by atoms with van der Waals surface area (Å²) in [4.78, 5) is 12.2. The van der Waals surface area contributed by atoms with Crippen molar-refractivity contribution in [1.82, 2.24) is 5.43 Å². The summed E-state index contributed by atoms with van der Waals surface area (Å²) in [7, 11) is 0. The second-order valence-electron chi connectivity index (χ2n) is 7.12. The molecule has 2 aliphatic carbocycles. The van der Waals surface area contributed by atoms with Gasteiger partial charge < -0.3 is 0 Å². The predicted molar refractivity (Wildman–Crippen MR) is 90.6 cm³/mol. The molecule has 1 amide bonds. The van der Waals surface area contributed by atoms with Crippen molar-refractivity contribution in [3.63, 3.8) is 0 Å². The van der Waals surface area contributed by atoms with E-state index in [1.165, 1.54) is 6.42 Å². The highest BCUT2D eigenvalue weighted by atomic mass is 35.5. The zero-order valence-electron chi connectivity index (χ0n) is 13.0. The number of carbonyl (C=O) groups is 1. The normalized spacial score (nSPS) is 30.8. The Morgan fingerprint density at radius 3 is 2.55 bits per heavy atom. The van der Waals surface area contributed by atoms with Gasteiger partial charge in [-0.05, 0) is 48.8 Å². The number of nitrogens with zero attached hydrogens (tertiary/aromatic N) is 1. The lowest BCUT2D eigenvalue weighted by Gasteiger charge is -2.34. The van der Waals surface area contributed by atoms with Crippen LogP contribution in [0.2, 0.25) is 10.0 Å². The Morgan fingerprint density at radius 1 is 1.27 bits per heavy atom. The van der Waals surface area contributed by atoms with Crippen molar-refractivity contribution in [2.24, 2.45) is 21.8 Å². The average molecular weight is 339 g/mol. The van der Waals surface area contributed by atoms with E-state index in [9.17, 15) is 4.79 Å². The standard InChI is InChI=1S/C17H20Cl2N2O/c1-16(2)11-6-7-17(16,3)14(9-11)20-21-15(22)10-4-5-12(18)13(19)8-10/h4-5,8,11H,6-7,9H2,1-3H3,(H,21,22)/b20-14+/t11-,17-/m1/s1. The monoisotopic (exact) mass is 338 g/mol. The highest BCUT2D eigenvalue weighted by Gasteiger charge is 2.59. The topological polar surface area (TPSA) is 41.5 Å². The molecule has 0 unspecified atom stereocenters. The van der Waals surface area contributed by atoms with Gasteiger partial charge in [0.25, 0.3) is 5.91 Å². The van der Waals surface area contributed by atoms with Crippen LogP contribution in [0, 0.1) is 16.7 Å². The highest BCUT2D eigenvalue weighted by Crippen LogP contribution is 2.63. The maximum atomic E-state index is 12.2. The van der Waals surface area contributed by atoms with E-state index in [1.807, 2.05) is 0 Å². The molecular formula is C17H20Cl2N2O. The molecule has 2 saturated carbocycles. The second kappa shape index (κ2) is 5.24. The van der Waals surface area contributed by atoms with Gasteiger partial charge in [0.15, 0.2) is 0 Å². The van der Waals surface area contributed by atoms with Gasteiger partial charge in [-0.3, -0.25) is 4.79 Å². The first kappa shape index (κ1) is 15.8. The summed E-state index contributed by atoms with van der Waals surface area (Å²) < 4.78 is 0. The number of fused-ring (bicyclic) bond motifs is 2. The third-order valence-electron chi connectivity index (χ3n) is 5.99. The van der Waals surface area contributed by atoms with Crippen molar-refractivity contribution in [3.05, 3.63) is 33.8 Å². The molecule has 5 heteroatoms. The fraction of sp³-hybridized carbons (Fsp3) is 0.529. The van der Waals surface area contributed by atoms with Crippen molar-refractivity contribution in [2.75, 3.05) is 0 Å². The predicted octanol–water partition coefficient (Wildman–Crippen LogP) is 4.93. The highest BCUT2D eigenvalue weighted by molar-refractivity contribution is 6.42. The number of rotatable bonds is 2. The Hall–Kier alpha value is -1.06. The lowest BCUT2D eigenvalue weighted by Crippen LogP contribution is -2.34. The third-order valence-corrected chi connectivity index (χ3v) is 6.73. The van der Waals surface area contributed by atoms with Crippen LogP contribution in [0.25, 0.3) is 0 Å². The summed E-state index contributed by atoms with van der Waals surface area (Å²) >= 11 is 11.8. The Morgan fingerprint density at radius 2 is 2.00 bits per heavy atom. The number of nitrogens with one attached hydrogen (secondary N) is 1. The van der Waals surface area contributed by atoms with Crippen molar-refractivity contribution in [2.45, 2.75) is 40.0 Å². The van der Waals surface area contributed by atoms with E-state index in [0.29, 0.717) is 21.5 Å². The number of benzene rings is 1. The molecule has 0 saturated heterocycles. The molecule has 2 aliphatic rings. The van der Waals surface area contributed by atoms with Gasteiger partial charge in [-0.2, -0.15) is 5.10 Å². The molecule has 2 atom stereocenters. The van der Waals surface area contributed by atoms with Crippen molar-refractivity contribution >= 4 is 34.8 Å². The molecule has 0 spiro atoms. The summed E-state index contributed by atoms with van der Waals surface area (Å²) in [5, 5.41) is 5.25. The van der Waals surface area contributed by atoms with E-state index in [0.717, 1.165) is 18.6 Å². The van der Waals surface area contributed by atoms with Gasteiger partial charge in [-0.25, -0.2) is 5.43 Å². The average Bonchev–Trinajstić information content (AvgIpc) is 2.80. The minimum absolute atomic E-state index is 0.0859. The SMILES string of the molecule is CC1(C)[C@@H]2CC[C@]1(C)/C(=N/NC(=O)c1ccc(Cl)c(Cl)c1)C2. The van der Waals surface area contributed by atoms with Crippen LogP contribution in [0.3, 0.4) is 0 Å². The summed E-state index contributed by atoms with van der Waals surface area (Å²) in [5.74, 6) is 0.411. The minimum atomic E-state index is -0.254. The lowest BCUT2D eigenvalue weighted by molar-refractivity contribution is 0.0954. The molecule has 3 rings (SSSR count). The molecule has 1 aromatic carbocycles. The fourth-order valence-electron chi connectivity index (χ4n) is 3.92. The molecule has 0 aromatic heterocycles. The molecular weight excluding hydrogens is 319 g/mol. The summed E-state index contributed by atoms with van der Waals surface area (Å²) in [6.07, 6.45) is 3.38. The number of halogens is 2. The third kappa shape index (κ3) is 2.26. The Labute approximate surface area is 141 Å². The maximum absolute atomic E-state index is 12.2. The largest absolute Gasteiger partial charge is 0.271 e. The van der Waals surface area contributed by atoms with Crippen molar-refractivity contribution in [1.29, 1.82) is 0 Å². The molecule has 2 fully saturated rings. The first-order valence-corrected chi connectivity index (χ1v) is 8.34. The molecule has 1 N–H and O–H groups in total. The molecule has 0 aliphatic heterocycles. The Bertz CT molecular complexity index is 669. The fourth-order valence-corrected chi connectivity index (χ4v) is 4.22. The van der Waals surface area contributed by atoms with Gasteiger partial charge in [0.2, 0.25) is 0 Å². The number of hydrogen-bond donors (Lipinski definition) is 1. The van der Waals surface area contributed by atoms with Crippen LogP contribution < -0.4 is 5.43 Å².